The van der Waals surface area contributed by atoms with Crippen molar-refractivity contribution in [1.82, 2.24) is 0 Å². The van der Waals surface area contributed by atoms with Gasteiger partial charge in [-0.1, -0.05) is 0 Å². The van der Waals surface area contributed by atoms with Crippen LogP contribution in [0.3, 0.4) is 0 Å². The molecule has 392 valence electrons. The fourth-order valence-electron chi connectivity index (χ4n) is 3.33. The second-order valence-corrected chi connectivity index (χ2v) is 13.3. The lowest BCUT2D eigenvalue weighted by Crippen LogP contribution is -2.73. The molecule has 0 aromatic heterocycles. The quantitative estimate of drug-likeness (QED) is 0.0952. The van der Waals surface area contributed by atoms with Crippen molar-refractivity contribution in [3.63, 3.8) is 0 Å². The molecule has 0 aliphatic heterocycles. The minimum Gasteiger partial charge on any atom is -0.324 e. The second-order valence-electron chi connectivity index (χ2n) is 11.3. The first-order valence-corrected chi connectivity index (χ1v) is 15.9. The van der Waals surface area contributed by atoms with Crippen LogP contribution in [0, 0.1) is 0 Å². The van der Waals surface area contributed by atoms with Crippen LogP contribution in [0.15, 0.2) is 0 Å². The van der Waals surface area contributed by atoms with E-state index in [0.717, 1.165) is 18.9 Å². The Labute approximate surface area is 329 Å². The monoisotopic (exact) mass is 1090 g/mol. The molecule has 6 unspecified atom stereocenters. The molecule has 1 N–H and O–H groups in total. The van der Waals surface area contributed by atoms with E-state index in [9.17, 15) is 158 Å². The van der Waals surface area contributed by atoms with Crippen LogP contribution in [0.5, 0.6) is 0 Å². The van der Waals surface area contributed by atoms with Crippen molar-refractivity contribution in [2.75, 3.05) is 12.8 Å². The minimum atomic E-state index is -9.62. The van der Waals surface area contributed by atoms with Crippen LogP contribution in [0.1, 0.15) is 13.3 Å². The Balaban J connectivity index is 8.00. The summed E-state index contributed by atoms with van der Waals surface area (Å²) in [6.45, 7) is -0.473. The molecular weight excluding hydrogens is 1080 g/mol. The summed E-state index contributed by atoms with van der Waals surface area (Å²) in [6, 6.07) is 0. The largest absolute Gasteiger partial charge is 0.462 e. The standard InChI is InChI=1S/C21H10F35O8P/c1-2-59-65(57,58)4-3-5(22,11(29,30)31)60-18(49,50)7(25,13(35,36)37)62-20(53,54)9(27,15(41,42)43)64-21(55,56)10(28,16(44,45)46)63-19(51,52)8(26,14(38,39)40)61-17(47,48)6(23,24)12(32,33)34/h2-4H2,1H3,(H,57,58). The van der Waals surface area contributed by atoms with E-state index in [2.05, 4.69) is 4.52 Å². The first kappa shape index (κ1) is 62.5. The Kier molecular flexibility index (Phi) is 16.5. The van der Waals surface area contributed by atoms with Crippen molar-refractivity contribution in [3.8, 4) is 0 Å². The van der Waals surface area contributed by atoms with Gasteiger partial charge in [-0.2, -0.15) is 149 Å². The highest BCUT2D eigenvalue weighted by molar-refractivity contribution is 7.52. The van der Waals surface area contributed by atoms with E-state index in [4.69, 9.17) is 4.89 Å². The molecule has 0 aliphatic rings. The highest BCUT2D eigenvalue weighted by atomic mass is 31.2. The van der Waals surface area contributed by atoms with E-state index in [1.165, 1.54) is 0 Å². The molecule has 0 rings (SSSR count). The number of halogens is 35. The molecule has 0 bridgehead atoms. The molecule has 0 radical (unpaired) electrons. The maximum atomic E-state index is 14.8. The van der Waals surface area contributed by atoms with Crippen molar-refractivity contribution >= 4 is 7.60 Å². The van der Waals surface area contributed by atoms with Crippen molar-refractivity contribution < 1.29 is 191 Å². The molecule has 0 saturated heterocycles. The van der Waals surface area contributed by atoms with Gasteiger partial charge >= 0.3 is 110 Å². The highest BCUT2D eigenvalue weighted by Crippen LogP contribution is 2.62. The maximum Gasteiger partial charge on any atom is 0.462 e. The van der Waals surface area contributed by atoms with Crippen molar-refractivity contribution in [2.45, 2.75) is 116 Å². The zero-order valence-corrected chi connectivity index (χ0v) is 29.5. The Hall–Kier alpha value is -2.50. The zero-order chi connectivity index (χ0) is 53.4. The third-order valence-corrected chi connectivity index (χ3v) is 7.96. The van der Waals surface area contributed by atoms with Crippen LogP contribution in [0.2, 0.25) is 0 Å². The van der Waals surface area contributed by atoms with Crippen LogP contribution in [0.25, 0.3) is 0 Å². The van der Waals surface area contributed by atoms with Crippen LogP contribution < -0.4 is 0 Å². The lowest BCUT2D eigenvalue weighted by Gasteiger charge is -2.44. The van der Waals surface area contributed by atoms with Gasteiger partial charge < -0.3 is 9.42 Å². The van der Waals surface area contributed by atoms with Crippen LogP contribution in [-0.2, 0) is 32.8 Å². The molecule has 6 atom stereocenters. The summed E-state index contributed by atoms with van der Waals surface area (Å²) in [5, 5.41) is 0. The molecule has 0 aromatic carbocycles. The molecule has 44 heteroatoms. The van der Waals surface area contributed by atoms with Crippen LogP contribution in [0.4, 0.5) is 154 Å². The Morgan fingerprint density at radius 1 is 0.354 bits per heavy atom. The summed E-state index contributed by atoms with van der Waals surface area (Å²) in [6.07, 6.45) is -104. The molecule has 8 nitrogen and oxygen atoms in total. The minimum absolute atomic E-state index is 0.655. The third kappa shape index (κ3) is 11.5. The second kappa shape index (κ2) is 17.2. The predicted octanol–water partition coefficient (Wildman–Crippen LogP) is 12.0. The zero-order valence-electron chi connectivity index (χ0n) is 28.6. The lowest BCUT2D eigenvalue weighted by atomic mass is 10.2. The van der Waals surface area contributed by atoms with Gasteiger partial charge in [-0.3, -0.25) is 28.2 Å². The summed E-state index contributed by atoms with van der Waals surface area (Å²) in [4.78, 5) is 9.13. The molecule has 0 fully saturated rings. The maximum absolute atomic E-state index is 14.8. The average Bonchev–Trinajstić information content (AvgIpc) is 2.99. The summed E-state index contributed by atoms with van der Waals surface area (Å²) in [7, 11) is -5.82. The van der Waals surface area contributed by atoms with E-state index in [1.54, 1.807) is 4.74 Å². The van der Waals surface area contributed by atoms with Crippen molar-refractivity contribution in [3.05, 3.63) is 0 Å². The van der Waals surface area contributed by atoms with Crippen molar-refractivity contribution in [1.29, 1.82) is 0 Å². The number of alkyl halides is 35. The van der Waals surface area contributed by atoms with Crippen molar-refractivity contribution in [2.24, 2.45) is 0 Å². The normalized spacial score (nSPS) is 21.1. The molecule has 0 heterocycles. The Morgan fingerprint density at radius 2 is 0.585 bits per heavy atom. The van der Waals surface area contributed by atoms with Gasteiger partial charge in [0.2, 0.25) is 0 Å². The highest BCUT2D eigenvalue weighted by Gasteiger charge is 2.91. The van der Waals surface area contributed by atoms with Gasteiger partial charge in [0.05, 0.1) is 12.8 Å². The van der Waals surface area contributed by atoms with Gasteiger partial charge in [0.25, 0.3) is 0 Å². The van der Waals surface area contributed by atoms with Crippen LogP contribution >= 0.6 is 7.60 Å². The number of ether oxygens (including phenoxy) is 5. The van der Waals surface area contributed by atoms with E-state index < -0.39 is 130 Å². The summed E-state index contributed by atoms with van der Waals surface area (Å²) in [5.74, 6) is -53.0. The molecule has 0 aliphatic carbocycles. The molecule has 0 saturated carbocycles. The van der Waals surface area contributed by atoms with Gasteiger partial charge in [0, 0.05) is 6.42 Å². The van der Waals surface area contributed by atoms with E-state index in [1.807, 2.05) is 0 Å². The Morgan fingerprint density at radius 3 is 0.785 bits per heavy atom. The van der Waals surface area contributed by atoms with E-state index in [0.29, 0.717) is 6.92 Å². The molecule has 0 amide bonds. The summed E-state index contributed by atoms with van der Waals surface area (Å²) >= 11 is 0. The fourth-order valence-corrected chi connectivity index (χ4v) is 4.44. The summed E-state index contributed by atoms with van der Waals surface area (Å²) < 4.78 is 497. The fraction of sp³-hybridized carbons (Fsp3) is 1.00. The number of hydrogen-bond donors (Lipinski definition) is 1. The van der Waals surface area contributed by atoms with E-state index >= 15 is 0 Å². The molecule has 0 spiro atoms. The first-order chi connectivity index (χ1) is 27.6. The van der Waals surface area contributed by atoms with Gasteiger partial charge in [0.15, 0.2) is 0 Å². The van der Waals surface area contributed by atoms with Gasteiger partial charge in [0.1, 0.15) is 0 Å². The lowest BCUT2D eigenvalue weighted by molar-refractivity contribution is -0.600. The SMILES string of the molecule is CCOP(=O)(O)CCC(F)(OC(F)(F)C(F)(OC(F)(F)C(F)(OC(F)(F)C(F)(OC(F)(F)C(F)(OC(F)(F)C(F)(F)C(F)(F)F)C(F)(F)F)C(F)(F)F)C(F)(F)F)C(F)(F)F)C(F)(F)F. The first-order valence-electron chi connectivity index (χ1n) is 14.1. The number of hydrogen-bond acceptors (Lipinski definition) is 7. The predicted molar refractivity (Wildman–Crippen MR) is 122 cm³/mol. The van der Waals surface area contributed by atoms with Gasteiger partial charge in [-0.25, -0.2) is 4.39 Å². The van der Waals surface area contributed by atoms with E-state index in [-0.39, 0.29) is 0 Å². The van der Waals surface area contributed by atoms with Crippen LogP contribution in [-0.4, -0.2) is 120 Å². The average molecular weight is 1090 g/mol. The third-order valence-electron chi connectivity index (χ3n) is 6.51. The molecular formula is C21H10F35O8P. The van der Waals surface area contributed by atoms with Gasteiger partial charge in [-0.05, 0) is 6.92 Å². The smallest absolute Gasteiger partial charge is 0.324 e. The molecule has 65 heavy (non-hydrogen) atoms. The number of rotatable bonds is 20. The topological polar surface area (TPSA) is 92.7 Å². The summed E-state index contributed by atoms with van der Waals surface area (Å²) in [5.41, 5.74) is 0. The Bertz CT molecular complexity index is 1680. The van der Waals surface area contributed by atoms with Gasteiger partial charge in [-0.15, -0.1) is 0 Å². The molecule has 0 aromatic rings.